The standard InChI is InChI=1S/C29H35ClN6O3/c1-28(2,3)39-27(38)35-13-10-21(18-35)36-17-19(15-33-36)14-25-32-16-23(30)24(34-25)9-8-20-6-4-5-7-22(20)29(11-12-29)26(31)37/h4-7,15-17,21H,8-14,18H2,1-3H3,(H2,31,37). The lowest BCUT2D eigenvalue weighted by atomic mass is 9.88. The van der Waals surface area contributed by atoms with Crippen LogP contribution in [0.5, 0.6) is 0 Å². The molecule has 3 aromatic rings. The maximum atomic E-state index is 12.4. The van der Waals surface area contributed by atoms with Gasteiger partial charge in [-0.1, -0.05) is 35.9 Å². The minimum atomic E-state index is -0.527. The van der Waals surface area contributed by atoms with Crippen molar-refractivity contribution in [2.24, 2.45) is 5.73 Å². The molecule has 2 aliphatic rings. The van der Waals surface area contributed by atoms with Crippen LogP contribution in [0, 0.1) is 0 Å². The molecule has 2 fully saturated rings. The second kappa shape index (κ2) is 10.6. The van der Waals surface area contributed by atoms with Gasteiger partial charge in [0, 0.05) is 31.9 Å². The topological polar surface area (TPSA) is 116 Å². The Bertz CT molecular complexity index is 1380. The summed E-state index contributed by atoms with van der Waals surface area (Å²) >= 11 is 6.47. The van der Waals surface area contributed by atoms with Crippen LogP contribution in [0.4, 0.5) is 4.79 Å². The molecule has 2 aromatic heterocycles. The monoisotopic (exact) mass is 550 g/mol. The van der Waals surface area contributed by atoms with E-state index in [-0.39, 0.29) is 18.0 Å². The van der Waals surface area contributed by atoms with Crippen LogP contribution in [0.1, 0.15) is 74.3 Å². The summed E-state index contributed by atoms with van der Waals surface area (Å²) in [6.07, 6.45) is 9.45. The number of ether oxygens (including phenoxy) is 1. The largest absolute Gasteiger partial charge is 0.444 e. The number of aromatic nitrogens is 4. The van der Waals surface area contributed by atoms with E-state index in [0.717, 1.165) is 41.6 Å². The number of nitrogens with zero attached hydrogens (tertiary/aromatic N) is 5. The van der Waals surface area contributed by atoms with Gasteiger partial charge in [0.05, 0.1) is 28.4 Å². The van der Waals surface area contributed by atoms with E-state index in [1.807, 2.05) is 56.0 Å². The lowest BCUT2D eigenvalue weighted by Gasteiger charge is -2.24. The molecule has 206 valence electrons. The second-order valence-corrected chi connectivity index (χ2v) is 12.0. The molecule has 1 saturated carbocycles. The van der Waals surface area contributed by atoms with Crippen molar-refractivity contribution in [1.29, 1.82) is 0 Å². The summed E-state index contributed by atoms with van der Waals surface area (Å²) in [5.41, 5.74) is 8.57. The van der Waals surface area contributed by atoms with Crippen LogP contribution in [0.2, 0.25) is 5.02 Å². The Morgan fingerprint density at radius 2 is 1.95 bits per heavy atom. The van der Waals surface area contributed by atoms with Gasteiger partial charge in [0.15, 0.2) is 0 Å². The zero-order valence-electron chi connectivity index (χ0n) is 22.7. The first-order valence-corrected chi connectivity index (χ1v) is 13.8. The minimum absolute atomic E-state index is 0.100. The maximum Gasteiger partial charge on any atom is 0.410 e. The molecule has 39 heavy (non-hydrogen) atoms. The number of halogens is 1. The first kappa shape index (κ1) is 27.1. The van der Waals surface area contributed by atoms with Gasteiger partial charge in [0.1, 0.15) is 11.4 Å². The lowest BCUT2D eigenvalue weighted by Crippen LogP contribution is -2.35. The highest BCUT2D eigenvalue weighted by Gasteiger charge is 2.50. The smallest absolute Gasteiger partial charge is 0.410 e. The number of rotatable bonds is 8. The van der Waals surface area contributed by atoms with Gasteiger partial charge in [-0.2, -0.15) is 5.10 Å². The zero-order valence-corrected chi connectivity index (χ0v) is 23.4. The number of aryl methyl sites for hydroxylation is 2. The van der Waals surface area contributed by atoms with Crippen LogP contribution in [0.25, 0.3) is 0 Å². The van der Waals surface area contributed by atoms with E-state index in [1.54, 1.807) is 11.1 Å². The summed E-state index contributed by atoms with van der Waals surface area (Å²) in [4.78, 5) is 35.5. The van der Waals surface area contributed by atoms with Crippen LogP contribution in [0.15, 0.2) is 42.9 Å². The van der Waals surface area contributed by atoms with Crippen molar-refractivity contribution in [2.75, 3.05) is 13.1 Å². The van der Waals surface area contributed by atoms with Crippen LogP contribution in [-0.4, -0.2) is 55.3 Å². The Hall–Kier alpha value is -3.46. The second-order valence-electron chi connectivity index (χ2n) is 11.6. The molecule has 2 amide bonds. The maximum absolute atomic E-state index is 12.4. The number of hydrogen-bond acceptors (Lipinski definition) is 6. The average molecular weight is 551 g/mol. The number of likely N-dealkylation sites (tertiary alicyclic amines) is 1. The minimum Gasteiger partial charge on any atom is -0.444 e. The third-order valence-corrected chi connectivity index (χ3v) is 7.77. The summed E-state index contributed by atoms with van der Waals surface area (Å²) in [6, 6.07) is 8.10. The molecule has 10 heteroatoms. The summed E-state index contributed by atoms with van der Waals surface area (Å²) in [6.45, 7) is 6.82. The molecule has 1 aliphatic heterocycles. The van der Waals surface area contributed by atoms with E-state index in [1.165, 1.54) is 0 Å². The van der Waals surface area contributed by atoms with Crippen LogP contribution in [-0.2, 0) is 34.2 Å². The summed E-state index contributed by atoms with van der Waals surface area (Å²) in [5, 5.41) is 5.07. The van der Waals surface area contributed by atoms with Gasteiger partial charge >= 0.3 is 6.09 Å². The van der Waals surface area contributed by atoms with Gasteiger partial charge < -0.3 is 15.4 Å². The van der Waals surface area contributed by atoms with E-state index >= 15 is 0 Å². The van der Waals surface area contributed by atoms with Crippen LogP contribution >= 0.6 is 11.6 Å². The average Bonchev–Trinajstić information content (AvgIpc) is 3.31. The Kier molecular flexibility index (Phi) is 7.37. The van der Waals surface area contributed by atoms with Crippen molar-refractivity contribution in [3.63, 3.8) is 0 Å². The fourth-order valence-corrected chi connectivity index (χ4v) is 5.42. The number of hydrogen-bond donors (Lipinski definition) is 1. The number of carbonyl (C=O) groups is 2. The molecule has 3 heterocycles. The number of nitrogens with two attached hydrogens (primary N) is 1. The van der Waals surface area contributed by atoms with E-state index < -0.39 is 11.0 Å². The van der Waals surface area contributed by atoms with Gasteiger partial charge in [-0.25, -0.2) is 14.8 Å². The molecule has 1 unspecified atom stereocenters. The molecule has 9 nitrogen and oxygen atoms in total. The predicted octanol–water partition coefficient (Wildman–Crippen LogP) is 4.40. The lowest BCUT2D eigenvalue weighted by molar-refractivity contribution is -0.120. The molecular weight excluding hydrogens is 516 g/mol. The fraction of sp³-hybridized carbons (Fsp3) is 0.483. The molecule has 0 radical (unpaired) electrons. The predicted molar refractivity (Wildman–Crippen MR) is 147 cm³/mol. The van der Waals surface area contributed by atoms with Crippen molar-refractivity contribution >= 4 is 23.6 Å². The quantitative estimate of drug-likeness (QED) is 0.444. The van der Waals surface area contributed by atoms with Crippen molar-refractivity contribution in [3.8, 4) is 0 Å². The third-order valence-electron chi connectivity index (χ3n) is 7.46. The van der Waals surface area contributed by atoms with Gasteiger partial charge in [0.2, 0.25) is 5.91 Å². The zero-order chi connectivity index (χ0) is 27.8. The molecule has 0 spiro atoms. The van der Waals surface area contributed by atoms with Crippen molar-refractivity contribution < 1.29 is 14.3 Å². The molecule has 5 rings (SSSR count). The summed E-state index contributed by atoms with van der Waals surface area (Å²) in [5.74, 6) is 0.410. The molecular formula is C29H35ClN6O3. The normalized spacial score (nSPS) is 18.3. The van der Waals surface area contributed by atoms with Gasteiger partial charge in [-0.3, -0.25) is 9.48 Å². The molecule has 0 bridgehead atoms. The molecule has 1 saturated heterocycles. The van der Waals surface area contributed by atoms with E-state index in [4.69, 9.17) is 27.1 Å². The van der Waals surface area contributed by atoms with Gasteiger partial charge in [-0.05, 0) is 69.6 Å². The van der Waals surface area contributed by atoms with Gasteiger partial charge in [-0.15, -0.1) is 0 Å². The van der Waals surface area contributed by atoms with E-state index in [2.05, 4.69) is 16.1 Å². The number of amides is 2. The highest BCUT2D eigenvalue weighted by Crippen LogP contribution is 2.49. The molecule has 1 aliphatic carbocycles. The molecule has 1 aromatic carbocycles. The van der Waals surface area contributed by atoms with E-state index in [9.17, 15) is 9.59 Å². The van der Waals surface area contributed by atoms with E-state index in [0.29, 0.717) is 43.2 Å². The highest BCUT2D eigenvalue weighted by atomic mass is 35.5. The molecule has 2 N–H and O–H groups in total. The van der Waals surface area contributed by atoms with Gasteiger partial charge in [0.25, 0.3) is 0 Å². The summed E-state index contributed by atoms with van der Waals surface area (Å²) in [7, 11) is 0. The first-order valence-electron chi connectivity index (χ1n) is 13.4. The Balaban J connectivity index is 1.22. The Labute approximate surface area is 233 Å². The van der Waals surface area contributed by atoms with Crippen LogP contribution in [0.3, 0.4) is 0 Å². The van der Waals surface area contributed by atoms with Crippen molar-refractivity contribution in [1.82, 2.24) is 24.6 Å². The first-order chi connectivity index (χ1) is 18.5. The van der Waals surface area contributed by atoms with Crippen LogP contribution < -0.4 is 5.73 Å². The Morgan fingerprint density at radius 1 is 1.18 bits per heavy atom. The highest BCUT2D eigenvalue weighted by molar-refractivity contribution is 6.31. The molecule has 1 atom stereocenters. The Morgan fingerprint density at radius 3 is 2.67 bits per heavy atom. The number of benzene rings is 1. The fourth-order valence-electron chi connectivity index (χ4n) is 5.24. The third kappa shape index (κ3) is 6.08. The van der Waals surface area contributed by atoms with Crippen molar-refractivity contribution in [2.45, 2.75) is 76.4 Å². The van der Waals surface area contributed by atoms with Crippen molar-refractivity contribution in [3.05, 3.63) is 76.1 Å². The SMILES string of the molecule is CC(C)(C)OC(=O)N1CCC(n2cc(Cc3ncc(Cl)c(CCc4ccccc4C4(C(N)=O)CC4)n3)cn2)C1. The number of primary amides is 1. The number of carbonyl (C=O) groups excluding carboxylic acids is 2. The summed E-state index contributed by atoms with van der Waals surface area (Å²) < 4.78 is 7.42.